The Bertz CT molecular complexity index is 646. The minimum Gasteiger partial charge on any atom is -0.397 e. The topological polar surface area (TPSA) is 94.0 Å². The number of pyridine rings is 1. The van der Waals surface area contributed by atoms with Gasteiger partial charge in [-0.2, -0.15) is 0 Å². The molecule has 0 aliphatic heterocycles. The zero-order valence-corrected chi connectivity index (χ0v) is 12.8. The summed E-state index contributed by atoms with van der Waals surface area (Å²) in [5, 5.41) is 3.04. The third-order valence-electron chi connectivity index (χ3n) is 2.36. The lowest BCUT2D eigenvalue weighted by Gasteiger charge is -2.11. The Labute approximate surface area is 126 Å². The molecule has 0 radical (unpaired) electrons. The summed E-state index contributed by atoms with van der Waals surface area (Å²) in [7, 11) is 0. The lowest BCUT2D eigenvalue weighted by atomic mass is 10.2. The number of hydrogen-bond donors (Lipinski definition) is 3. The van der Waals surface area contributed by atoms with E-state index < -0.39 is 5.91 Å². The normalized spacial score (nSPS) is 10.2. The molecule has 0 saturated heterocycles. The van der Waals surface area contributed by atoms with Crippen LogP contribution in [0.4, 0.5) is 17.2 Å². The minimum absolute atomic E-state index is 0.245. The molecular formula is C12H10Br2N4O. The lowest BCUT2D eigenvalue weighted by molar-refractivity contribution is 0.100. The second-order valence-electron chi connectivity index (χ2n) is 3.78. The van der Waals surface area contributed by atoms with E-state index in [1.54, 1.807) is 0 Å². The van der Waals surface area contributed by atoms with Crippen molar-refractivity contribution in [2.75, 3.05) is 11.1 Å². The van der Waals surface area contributed by atoms with Crippen LogP contribution in [0.1, 0.15) is 10.4 Å². The fourth-order valence-electron chi connectivity index (χ4n) is 1.49. The van der Waals surface area contributed by atoms with E-state index in [4.69, 9.17) is 11.5 Å². The zero-order chi connectivity index (χ0) is 14.0. The van der Waals surface area contributed by atoms with Crippen LogP contribution < -0.4 is 16.8 Å². The third kappa shape index (κ3) is 3.24. The molecule has 1 aromatic heterocycles. The van der Waals surface area contributed by atoms with Gasteiger partial charge in [-0.15, -0.1) is 0 Å². The van der Waals surface area contributed by atoms with E-state index in [2.05, 4.69) is 42.2 Å². The van der Waals surface area contributed by atoms with Crippen LogP contribution in [0.5, 0.6) is 0 Å². The molecule has 0 aliphatic rings. The second-order valence-corrected chi connectivity index (χ2v) is 5.55. The molecule has 0 spiro atoms. The molecule has 1 heterocycles. The quantitative estimate of drug-likeness (QED) is 0.756. The van der Waals surface area contributed by atoms with Crippen molar-refractivity contribution in [1.29, 1.82) is 0 Å². The zero-order valence-electron chi connectivity index (χ0n) is 9.65. The molecule has 0 aliphatic carbocycles. The Hall–Kier alpha value is -1.60. The maximum Gasteiger partial charge on any atom is 0.252 e. The summed E-state index contributed by atoms with van der Waals surface area (Å²) in [6.07, 6.45) is 1.46. The Morgan fingerprint density at radius 1 is 1.26 bits per heavy atom. The summed E-state index contributed by atoms with van der Waals surface area (Å²) < 4.78 is 1.77. The van der Waals surface area contributed by atoms with E-state index >= 15 is 0 Å². The molecule has 7 heteroatoms. The largest absolute Gasteiger partial charge is 0.397 e. The van der Waals surface area contributed by atoms with Crippen molar-refractivity contribution in [2.24, 2.45) is 5.73 Å². The first-order valence-electron chi connectivity index (χ1n) is 5.25. The summed E-state index contributed by atoms with van der Waals surface area (Å²) in [5.41, 5.74) is 12.3. The smallest absolute Gasteiger partial charge is 0.252 e. The molecule has 1 amide bonds. The molecule has 5 N–H and O–H groups in total. The third-order valence-corrected chi connectivity index (χ3v) is 3.51. The van der Waals surface area contributed by atoms with Gasteiger partial charge in [0.2, 0.25) is 0 Å². The number of rotatable bonds is 3. The molecule has 0 unspecified atom stereocenters. The van der Waals surface area contributed by atoms with Gasteiger partial charge in [-0.05, 0) is 40.2 Å². The van der Waals surface area contributed by atoms with Crippen LogP contribution in [0.25, 0.3) is 0 Å². The van der Waals surface area contributed by atoms with E-state index in [0.29, 0.717) is 11.5 Å². The molecule has 0 bridgehead atoms. The predicted molar refractivity (Wildman–Crippen MR) is 82.3 cm³/mol. The van der Waals surface area contributed by atoms with Crippen molar-refractivity contribution in [3.05, 3.63) is 45.0 Å². The first kappa shape index (κ1) is 13.8. The molecule has 0 atom stereocenters. The number of nitrogens with one attached hydrogen (secondary N) is 1. The fourth-order valence-corrected chi connectivity index (χ4v) is 2.63. The van der Waals surface area contributed by atoms with Crippen LogP contribution in [0.2, 0.25) is 0 Å². The number of hydrogen-bond acceptors (Lipinski definition) is 4. The van der Waals surface area contributed by atoms with Crippen molar-refractivity contribution in [3.8, 4) is 0 Å². The molecule has 5 nitrogen and oxygen atoms in total. The van der Waals surface area contributed by atoms with E-state index in [-0.39, 0.29) is 5.56 Å². The summed E-state index contributed by atoms with van der Waals surface area (Å²) in [5.74, 6) is -0.222. The standard InChI is InChI=1S/C12H10Br2N4O/c13-6-1-2-10(9(14)3-6)18-12-8(11(16)19)4-7(15)5-17-12/h1-5H,15H2,(H2,16,19)(H,17,18). The number of carbonyl (C=O) groups excluding carboxylic acids is 1. The molecule has 0 saturated carbocycles. The molecule has 0 fully saturated rings. The van der Waals surface area contributed by atoms with Gasteiger partial charge in [-0.3, -0.25) is 4.79 Å². The van der Waals surface area contributed by atoms with Gasteiger partial charge in [0.25, 0.3) is 5.91 Å². The van der Waals surface area contributed by atoms with Crippen LogP contribution in [-0.2, 0) is 0 Å². The van der Waals surface area contributed by atoms with Gasteiger partial charge in [-0.25, -0.2) is 4.98 Å². The van der Waals surface area contributed by atoms with Crippen LogP contribution in [-0.4, -0.2) is 10.9 Å². The van der Waals surface area contributed by atoms with Gasteiger partial charge in [0.05, 0.1) is 23.1 Å². The number of primary amides is 1. The Balaban J connectivity index is 2.40. The van der Waals surface area contributed by atoms with Crippen molar-refractivity contribution in [1.82, 2.24) is 4.98 Å². The molecule has 1 aromatic carbocycles. The second kappa shape index (κ2) is 5.58. The highest BCUT2D eigenvalue weighted by Gasteiger charge is 2.11. The molecule has 98 valence electrons. The van der Waals surface area contributed by atoms with Gasteiger partial charge in [0.1, 0.15) is 5.82 Å². The summed E-state index contributed by atoms with van der Waals surface area (Å²) >= 11 is 6.78. The molecule has 2 aromatic rings. The molecular weight excluding hydrogens is 376 g/mol. The number of aromatic nitrogens is 1. The number of carbonyl (C=O) groups is 1. The average molecular weight is 386 g/mol. The highest BCUT2D eigenvalue weighted by molar-refractivity contribution is 9.11. The predicted octanol–water partition coefficient (Wildman–Crippen LogP) is 3.03. The Morgan fingerprint density at radius 3 is 2.63 bits per heavy atom. The average Bonchev–Trinajstić information content (AvgIpc) is 2.34. The minimum atomic E-state index is -0.587. The monoisotopic (exact) mass is 384 g/mol. The number of nitrogens with two attached hydrogens (primary N) is 2. The SMILES string of the molecule is NC(=O)c1cc(N)cnc1Nc1ccc(Br)cc1Br. The number of benzene rings is 1. The van der Waals surface area contributed by atoms with Crippen molar-refractivity contribution in [3.63, 3.8) is 0 Å². The number of amides is 1. The molecule has 19 heavy (non-hydrogen) atoms. The number of nitrogen functional groups attached to an aromatic ring is 1. The molecule has 2 rings (SSSR count). The number of nitrogens with zero attached hydrogens (tertiary/aromatic N) is 1. The van der Waals surface area contributed by atoms with Crippen molar-refractivity contribution in [2.45, 2.75) is 0 Å². The van der Waals surface area contributed by atoms with E-state index in [0.717, 1.165) is 14.6 Å². The van der Waals surface area contributed by atoms with Crippen LogP contribution in [0.15, 0.2) is 39.4 Å². The van der Waals surface area contributed by atoms with Crippen LogP contribution >= 0.6 is 31.9 Å². The van der Waals surface area contributed by atoms with Crippen LogP contribution in [0, 0.1) is 0 Å². The number of anilines is 3. The summed E-state index contributed by atoms with van der Waals surface area (Å²) in [6, 6.07) is 7.08. The fraction of sp³-hybridized carbons (Fsp3) is 0. The van der Waals surface area contributed by atoms with E-state index in [1.165, 1.54) is 12.3 Å². The Kier molecular flexibility index (Phi) is 4.06. The van der Waals surface area contributed by atoms with Gasteiger partial charge in [0.15, 0.2) is 0 Å². The van der Waals surface area contributed by atoms with Gasteiger partial charge < -0.3 is 16.8 Å². The lowest BCUT2D eigenvalue weighted by Crippen LogP contribution is -2.15. The first-order valence-corrected chi connectivity index (χ1v) is 6.83. The summed E-state index contributed by atoms with van der Waals surface area (Å²) in [4.78, 5) is 15.5. The van der Waals surface area contributed by atoms with E-state index in [9.17, 15) is 4.79 Å². The summed E-state index contributed by atoms with van der Waals surface area (Å²) in [6.45, 7) is 0. The highest BCUT2D eigenvalue weighted by atomic mass is 79.9. The first-order chi connectivity index (χ1) is 8.97. The van der Waals surface area contributed by atoms with Crippen molar-refractivity contribution < 1.29 is 4.79 Å². The number of halogens is 2. The Morgan fingerprint density at radius 2 is 2.00 bits per heavy atom. The maximum atomic E-state index is 11.4. The van der Waals surface area contributed by atoms with Gasteiger partial charge >= 0.3 is 0 Å². The van der Waals surface area contributed by atoms with Gasteiger partial charge in [0, 0.05) is 8.95 Å². The highest BCUT2D eigenvalue weighted by Crippen LogP contribution is 2.29. The maximum absolute atomic E-state index is 11.4. The van der Waals surface area contributed by atoms with E-state index in [1.807, 2.05) is 18.2 Å². The van der Waals surface area contributed by atoms with Crippen molar-refractivity contribution >= 4 is 55.0 Å². The van der Waals surface area contributed by atoms with Crippen LogP contribution in [0.3, 0.4) is 0 Å². The van der Waals surface area contributed by atoms with Gasteiger partial charge in [-0.1, -0.05) is 15.9 Å².